The van der Waals surface area contributed by atoms with Crippen LogP contribution in [0.4, 0.5) is 0 Å². The summed E-state index contributed by atoms with van der Waals surface area (Å²) in [5.74, 6) is -0.918. The van der Waals surface area contributed by atoms with Crippen LogP contribution in [0.3, 0.4) is 0 Å². The Hall–Kier alpha value is -2.01. The van der Waals surface area contributed by atoms with Crippen LogP contribution >= 0.6 is 0 Å². The zero-order valence-electron chi connectivity index (χ0n) is 16.1. The number of hydrogen-bond donors (Lipinski definition) is 0. The molecular weight excluding hydrogens is 388 g/mol. The Balaban J connectivity index is 2.14. The third-order valence-corrected chi connectivity index (χ3v) is 6.10. The number of rotatable bonds is 9. The monoisotopic (exact) mass is 414 g/mol. The number of morpholine rings is 1. The molecule has 0 N–H and O–H groups in total. The van der Waals surface area contributed by atoms with Crippen molar-refractivity contribution in [2.75, 3.05) is 59.7 Å². The molecule has 0 unspecified atom stereocenters. The van der Waals surface area contributed by atoms with Gasteiger partial charge in [-0.25, -0.2) is 8.42 Å². The van der Waals surface area contributed by atoms with Crippen molar-refractivity contribution in [2.24, 2.45) is 0 Å². The summed E-state index contributed by atoms with van der Waals surface area (Å²) in [5.41, 5.74) is 0.279. The average molecular weight is 414 g/mol. The first-order chi connectivity index (χ1) is 13.4. The van der Waals surface area contributed by atoms with E-state index in [2.05, 4.69) is 0 Å². The van der Waals surface area contributed by atoms with Crippen molar-refractivity contribution >= 4 is 21.9 Å². The number of amides is 1. The van der Waals surface area contributed by atoms with Gasteiger partial charge >= 0.3 is 5.97 Å². The predicted octanol–water partition coefficient (Wildman–Crippen LogP) is 0.359. The van der Waals surface area contributed by atoms with E-state index in [0.717, 1.165) is 0 Å². The van der Waals surface area contributed by atoms with E-state index in [1.807, 2.05) is 0 Å². The Kier molecular flexibility index (Phi) is 8.36. The van der Waals surface area contributed by atoms with Crippen LogP contribution in [0.2, 0.25) is 0 Å². The first-order valence-electron chi connectivity index (χ1n) is 9.02. The van der Waals surface area contributed by atoms with E-state index in [9.17, 15) is 18.0 Å². The molecule has 0 bridgehead atoms. The molecule has 0 radical (unpaired) electrons. The zero-order chi connectivity index (χ0) is 20.6. The summed E-state index contributed by atoms with van der Waals surface area (Å²) in [7, 11) is -2.13. The predicted molar refractivity (Wildman–Crippen MR) is 100 cm³/mol. The van der Waals surface area contributed by atoms with Crippen molar-refractivity contribution in [1.29, 1.82) is 0 Å². The molecule has 1 heterocycles. The summed E-state index contributed by atoms with van der Waals surface area (Å²) in [4.78, 5) is 25.9. The van der Waals surface area contributed by atoms with Crippen LogP contribution in [0.15, 0.2) is 29.2 Å². The topological polar surface area (TPSA) is 102 Å². The standard InChI is InChI=1S/C18H26N2O7S/c1-3-27-17(21)14-19(8-11-25-2)18(22)15-4-6-16(7-5-15)28(23,24)20-9-12-26-13-10-20/h4-7H,3,8-14H2,1-2H3. The van der Waals surface area contributed by atoms with Crippen molar-refractivity contribution < 1.29 is 32.2 Å². The number of carbonyl (C=O) groups excluding carboxylic acids is 2. The molecule has 9 nitrogen and oxygen atoms in total. The van der Waals surface area contributed by atoms with Crippen molar-refractivity contribution in [1.82, 2.24) is 9.21 Å². The Morgan fingerprint density at radius 3 is 2.39 bits per heavy atom. The molecule has 1 aromatic carbocycles. The molecule has 0 spiro atoms. The Labute approximate surface area is 165 Å². The van der Waals surface area contributed by atoms with Gasteiger partial charge in [0.1, 0.15) is 6.54 Å². The highest BCUT2D eigenvalue weighted by atomic mass is 32.2. The van der Waals surface area contributed by atoms with E-state index in [0.29, 0.717) is 26.3 Å². The number of carbonyl (C=O) groups is 2. The van der Waals surface area contributed by atoms with Crippen LogP contribution in [0.5, 0.6) is 0 Å². The van der Waals surface area contributed by atoms with Crippen LogP contribution in [0, 0.1) is 0 Å². The van der Waals surface area contributed by atoms with Gasteiger partial charge in [0.25, 0.3) is 5.91 Å². The lowest BCUT2D eigenvalue weighted by molar-refractivity contribution is -0.143. The molecule has 1 aromatic rings. The molecule has 1 aliphatic rings. The van der Waals surface area contributed by atoms with E-state index < -0.39 is 21.9 Å². The first kappa shape index (κ1) is 22.3. The van der Waals surface area contributed by atoms with Gasteiger partial charge in [0, 0.05) is 32.3 Å². The highest BCUT2D eigenvalue weighted by Crippen LogP contribution is 2.18. The number of hydrogen-bond acceptors (Lipinski definition) is 7. The van der Waals surface area contributed by atoms with Gasteiger partial charge in [-0.3, -0.25) is 9.59 Å². The Bertz CT molecular complexity index is 759. The largest absolute Gasteiger partial charge is 0.465 e. The van der Waals surface area contributed by atoms with Gasteiger partial charge in [0.2, 0.25) is 10.0 Å². The molecule has 0 atom stereocenters. The van der Waals surface area contributed by atoms with Crippen molar-refractivity contribution in [3.63, 3.8) is 0 Å². The fourth-order valence-electron chi connectivity index (χ4n) is 2.70. The van der Waals surface area contributed by atoms with E-state index in [1.54, 1.807) is 6.92 Å². The summed E-state index contributed by atoms with van der Waals surface area (Å²) in [6, 6.07) is 5.69. The van der Waals surface area contributed by atoms with Crippen LogP contribution in [0.1, 0.15) is 17.3 Å². The second kappa shape index (κ2) is 10.5. The molecule has 2 rings (SSSR count). The molecule has 0 saturated carbocycles. The number of ether oxygens (including phenoxy) is 3. The number of benzene rings is 1. The Morgan fingerprint density at radius 2 is 1.82 bits per heavy atom. The molecule has 156 valence electrons. The fourth-order valence-corrected chi connectivity index (χ4v) is 4.11. The van der Waals surface area contributed by atoms with Gasteiger partial charge in [0.15, 0.2) is 0 Å². The van der Waals surface area contributed by atoms with Crippen molar-refractivity contribution in [2.45, 2.75) is 11.8 Å². The van der Waals surface area contributed by atoms with Gasteiger partial charge in [-0.15, -0.1) is 0 Å². The van der Waals surface area contributed by atoms with Crippen LogP contribution in [-0.4, -0.2) is 89.2 Å². The highest BCUT2D eigenvalue weighted by molar-refractivity contribution is 7.89. The van der Waals surface area contributed by atoms with E-state index >= 15 is 0 Å². The molecule has 0 aromatic heterocycles. The number of methoxy groups -OCH3 is 1. The normalized spacial score (nSPS) is 15.2. The summed E-state index contributed by atoms with van der Waals surface area (Å²) < 4.78 is 41.8. The van der Waals surface area contributed by atoms with Gasteiger partial charge < -0.3 is 19.1 Å². The quantitative estimate of drug-likeness (QED) is 0.538. The van der Waals surface area contributed by atoms with Crippen LogP contribution < -0.4 is 0 Å². The van der Waals surface area contributed by atoms with Crippen LogP contribution in [0.25, 0.3) is 0 Å². The molecule has 10 heteroatoms. The van der Waals surface area contributed by atoms with Gasteiger partial charge in [0.05, 0.1) is 31.3 Å². The number of nitrogens with zero attached hydrogens (tertiary/aromatic N) is 2. The van der Waals surface area contributed by atoms with E-state index in [-0.39, 0.29) is 36.8 Å². The number of sulfonamides is 1. The maximum atomic E-state index is 12.7. The lowest BCUT2D eigenvalue weighted by Crippen LogP contribution is -2.40. The van der Waals surface area contributed by atoms with Gasteiger partial charge in [-0.2, -0.15) is 4.31 Å². The van der Waals surface area contributed by atoms with Gasteiger partial charge in [-0.1, -0.05) is 0 Å². The minimum Gasteiger partial charge on any atom is -0.465 e. The SMILES string of the molecule is CCOC(=O)CN(CCOC)C(=O)c1ccc(S(=O)(=O)N2CCOCC2)cc1. The summed E-state index contributed by atoms with van der Waals surface area (Å²) in [5, 5.41) is 0. The maximum Gasteiger partial charge on any atom is 0.325 e. The van der Waals surface area contributed by atoms with Crippen LogP contribution in [-0.2, 0) is 29.0 Å². The summed E-state index contributed by atoms with van der Waals surface area (Å²) >= 11 is 0. The third-order valence-electron chi connectivity index (χ3n) is 4.19. The van der Waals surface area contributed by atoms with E-state index in [1.165, 1.54) is 40.6 Å². The highest BCUT2D eigenvalue weighted by Gasteiger charge is 2.27. The van der Waals surface area contributed by atoms with Crippen molar-refractivity contribution in [3.8, 4) is 0 Å². The molecule has 0 aliphatic carbocycles. The van der Waals surface area contributed by atoms with E-state index in [4.69, 9.17) is 14.2 Å². The lowest BCUT2D eigenvalue weighted by atomic mass is 10.2. The number of esters is 1. The summed E-state index contributed by atoms with van der Waals surface area (Å²) in [6.45, 7) is 3.49. The fraction of sp³-hybridized carbons (Fsp3) is 0.556. The molecule has 1 saturated heterocycles. The first-order valence-corrected chi connectivity index (χ1v) is 10.5. The molecule has 28 heavy (non-hydrogen) atoms. The van der Waals surface area contributed by atoms with Crippen molar-refractivity contribution in [3.05, 3.63) is 29.8 Å². The Morgan fingerprint density at radius 1 is 1.18 bits per heavy atom. The second-order valence-corrected chi connectivity index (χ2v) is 8.00. The maximum absolute atomic E-state index is 12.7. The molecule has 1 fully saturated rings. The minimum absolute atomic E-state index is 0.111. The molecule has 1 amide bonds. The lowest BCUT2D eigenvalue weighted by Gasteiger charge is -2.26. The second-order valence-electron chi connectivity index (χ2n) is 6.07. The average Bonchev–Trinajstić information content (AvgIpc) is 2.71. The van der Waals surface area contributed by atoms with Gasteiger partial charge in [-0.05, 0) is 31.2 Å². The smallest absolute Gasteiger partial charge is 0.325 e. The molecular formula is C18H26N2O7S. The minimum atomic E-state index is -3.63. The zero-order valence-corrected chi connectivity index (χ0v) is 16.9. The summed E-state index contributed by atoms with van der Waals surface area (Å²) in [6.07, 6.45) is 0. The molecule has 1 aliphatic heterocycles. The third kappa shape index (κ3) is 5.74.